The SMILES string of the molecule is CCn1c(-c2cccnc2[C@H](C)OC)c2c3cc(ccc31)-c1csc(n1)C[C@H](NC(=O)[C@H](C(C)C)N(C)C(=O)[C@@H]1OCC[C@@H]1c1ccccc1)C(=O)N1CCC[C@@](O)(N1)C(=O)OCC(C)(C)C2. The highest BCUT2D eigenvalue weighted by Crippen LogP contribution is 2.42. The Kier molecular flexibility index (Phi) is 14.0. The first-order valence-corrected chi connectivity index (χ1v) is 24.2. The van der Waals surface area contributed by atoms with Crippen LogP contribution in [0.15, 0.2) is 72.2 Å². The highest BCUT2D eigenvalue weighted by molar-refractivity contribution is 7.10. The number of esters is 1. The molecule has 3 aliphatic rings. The molecule has 3 aliphatic heterocycles. The predicted molar refractivity (Wildman–Crippen MR) is 255 cm³/mol. The van der Waals surface area contributed by atoms with E-state index in [2.05, 4.69) is 40.4 Å². The summed E-state index contributed by atoms with van der Waals surface area (Å²) in [5.74, 6) is -2.85. The van der Waals surface area contributed by atoms with Gasteiger partial charge in [-0.1, -0.05) is 64.1 Å². The number of amides is 3. The minimum atomic E-state index is -2.22. The standard InChI is InChI=1S/C51H63N7O8S/c1-9-57-40-19-18-33-25-36(40)37(44(57)35-17-13-22-52-42(35)31(4)64-8)27-50(5,6)29-66-49(62)51(63)21-14-23-58(55-51)47(60)38(26-41-53-39(33)28-67-41)54-46(59)43(30(2)3)56(7)48(61)45-34(20-24-65-45)32-15-11-10-12-16-32/h10-13,15-19,22,25,28,30-31,34,38,43,45,55,63H,9,14,20-21,23-24,26-27,29H2,1-8H3,(H,54,59)/t31-,34+,38-,43-,45+,51-/m0/s1. The van der Waals surface area contributed by atoms with Crippen LogP contribution in [0.1, 0.15) is 94.7 Å². The third-order valence-corrected chi connectivity index (χ3v) is 14.3. The average molecular weight is 934 g/mol. The number of aliphatic hydroxyl groups is 1. The summed E-state index contributed by atoms with van der Waals surface area (Å²) in [4.78, 5) is 68.8. The van der Waals surface area contributed by atoms with E-state index in [4.69, 9.17) is 24.2 Å². The molecule has 356 valence electrons. The van der Waals surface area contributed by atoms with Gasteiger partial charge in [-0.05, 0) is 74.4 Å². The first-order valence-electron chi connectivity index (χ1n) is 23.3. The molecule has 3 aromatic heterocycles. The number of aromatic nitrogens is 3. The molecule has 2 fully saturated rings. The number of cyclic esters (lactones) is 1. The van der Waals surface area contributed by atoms with Gasteiger partial charge in [-0.25, -0.2) is 9.78 Å². The highest BCUT2D eigenvalue weighted by Gasteiger charge is 2.46. The van der Waals surface area contributed by atoms with Crippen LogP contribution in [0.4, 0.5) is 0 Å². The molecule has 2 aromatic carbocycles. The Morgan fingerprint density at radius 1 is 1.10 bits per heavy atom. The molecule has 0 aliphatic carbocycles. The third kappa shape index (κ3) is 9.64. The van der Waals surface area contributed by atoms with E-state index in [9.17, 15) is 24.3 Å². The lowest BCUT2D eigenvalue weighted by Gasteiger charge is -2.40. The molecule has 6 heterocycles. The molecule has 6 atom stereocenters. The number of ether oxygens (including phenoxy) is 3. The number of hydrazine groups is 1. The molecule has 15 nitrogen and oxygen atoms in total. The lowest BCUT2D eigenvalue weighted by molar-refractivity contribution is -0.189. The number of nitrogens with one attached hydrogen (secondary N) is 2. The largest absolute Gasteiger partial charge is 0.462 e. The van der Waals surface area contributed by atoms with E-state index >= 15 is 0 Å². The lowest BCUT2D eigenvalue weighted by Crippen LogP contribution is -2.67. The number of carbonyl (C=O) groups is 4. The second-order valence-electron chi connectivity index (χ2n) is 19.2. The number of nitrogens with zero attached hydrogens (tertiary/aromatic N) is 5. The van der Waals surface area contributed by atoms with Gasteiger partial charge < -0.3 is 34.1 Å². The normalized spacial score (nSPS) is 23.1. The maximum atomic E-state index is 14.7. The van der Waals surface area contributed by atoms with E-state index in [1.807, 2.05) is 82.5 Å². The zero-order chi connectivity index (χ0) is 47.8. The molecule has 6 bridgehead atoms. The zero-order valence-corrected chi connectivity index (χ0v) is 40.5. The molecule has 67 heavy (non-hydrogen) atoms. The zero-order valence-electron chi connectivity index (χ0n) is 39.7. The Morgan fingerprint density at radius 2 is 1.88 bits per heavy atom. The van der Waals surface area contributed by atoms with Gasteiger partial charge in [-0.3, -0.25) is 24.4 Å². The van der Waals surface area contributed by atoms with E-state index in [-0.39, 0.29) is 56.3 Å². The van der Waals surface area contributed by atoms with Crippen LogP contribution in [-0.2, 0) is 52.8 Å². The number of fused-ring (bicyclic) bond motifs is 6. The number of methoxy groups -OCH3 is 1. The minimum Gasteiger partial charge on any atom is -0.462 e. The molecule has 3 N–H and O–H groups in total. The van der Waals surface area contributed by atoms with Crippen LogP contribution in [0.2, 0.25) is 0 Å². The van der Waals surface area contributed by atoms with E-state index in [0.717, 1.165) is 44.5 Å². The van der Waals surface area contributed by atoms with Crippen molar-refractivity contribution in [2.45, 2.75) is 116 Å². The van der Waals surface area contributed by atoms with Crippen molar-refractivity contribution in [1.82, 2.24) is 35.2 Å². The summed E-state index contributed by atoms with van der Waals surface area (Å²) in [6, 6.07) is 17.9. The Hall–Kier alpha value is -5.52. The Morgan fingerprint density at radius 3 is 2.61 bits per heavy atom. The van der Waals surface area contributed by atoms with Gasteiger partial charge in [0.1, 0.15) is 18.2 Å². The summed E-state index contributed by atoms with van der Waals surface area (Å²) in [5, 5.41) is 19.6. The van der Waals surface area contributed by atoms with Gasteiger partial charge in [0.2, 0.25) is 11.6 Å². The van der Waals surface area contributed by atoms with Gasteiger partial charge in [0, 0.05) is 91.6 Å². The van der Waals surface area contributed by atoms with Crippen molar-refractivity contribution in [2.75, 3.05) is 33.9 Å². The minimum absolute atomic E-state index is 0.0000991. The van der Waals surface area contributed by atoms with Crippen LogP contribution in [0.25, 0.3) is 33.4 Å². The molecule has 0 saturated carbocycles. The molecule has 3 amide bonds. The van der Waals surface area contributed by atoms with E-state index in [1.54, 1.807) is 20.4 Å². The summed E-state index contributed by atoms with van der Waals surface area (Å²) in [6.07, 6.45) is 2.15. The lowest BCUT2D eigenvalue weighted by atomic mass is 9.84. The first kappa shape index (κ1) is 48.0. The summed E-state index contributed by atoms with van der Waals surface area (Å²) in [6.45, 7) is 13.0. The van der Waals surface area contributed by atoms with Crippen molar-refractivity contribution in [3.05, 3.63) is 94.1 Å². The van der Waals surface area contributed by atoms with Gasteiger partial charge >= 0.3 is 5.97 Å². The smallest absolute Gasteiger partial charge is 0.355 e. The van der Waals surface area contributed by atoms with Gasteiger partial charge in [0.15, 0.2) is 0 Å². The first-order chi connectivity index (χ1) is 32.0. The summed E-state index contributed by atoms with van der Waals surface area (Å²) >= 11 is 1.37. The summed E-state index contributed by atoms with van der Waals surface area (Å²) < 4.78 is 20.1. The van der Waals surface area contributed by atoms with Crippen molar-refractivity contribution in [3.8, 4) is 22.5 Å². The van der Waals surface area contributed by atoms with Crippen molar-refractivity contribution in [3.63, 3.8) is 0 Å². The van der Waals surface area contributed by atoms with Crippen molar-refractivity contribution >= 4 is 45.9 Å². The number of benzene rings is 2. The fraction of sp³-hybridized carbons (Fsp3) is 0.490. The van der Waals surface area contributed by atoms with Crippen LogP contribution < -0.4 is 10.7 Å². The highest BCUT2D eigenvalue weighted by atomic mass is 32.1. The number of hydrogen-bond donors (Lipinski definition) is 3. The van der Waals surface area contributed by atoms with Gasteiger partial charge in [-0.15, -0.1) is 11.3 Å². The molecular formula is C51H63N7O8S. The van der Waals surface area contributed by atoms with Crippen LogP contribution >= 0.6 is 11.3 Å². The number of aryl methyl sites for hydroxylation is 1. The van der Waals surface area contributed by atoms with Gasteiger partial charge in [0.25, 0.3) is 11.8 Å². The monoisotopic (exact) mass is 933 g/mol. The van der Waals surface area contributed by atoms with Crippen LogP contribution in [0, 0.1) is 11.3 Å². The number of thiazole rings is 1. The number of hydrogen-bond acceptors (Lipinski definition) is 12. The number of likely N-dealkylation sites (N-methyl/N-ethyl adjacent to an activating group) is 1. The summed E-state index contributed by atoms with van der Waals surface area (Å²) in [7, 11) is 3.27. The molecular weight excluding hydrogens is 871 g/mol. The Balaban J connectivity index is 1.17. The Bertz CT molecular complexity index is 2630. The number of pyridine rings is 1. The third-order valence-electron chi connectivity index (χ3n) is 13.5. The van der Waals surface area contributed by atoms with Crippen molar-refractivity contribution in [1.29, 1.82) is 0 Å². The van der Waals surface area contributed by atoms with Gasteiger partial charge in [-0.2, -0.15) is 5.43 Å². The van der Waals surface area contributed by atoms with E-state index in [1.165, 1.54) is 21.2 Å². The quantitative estimate of drug-likeness (QED) is 0.129. The van der Waals surface area contributed by atoms with Crippen LogP contribution in [-0.4, -0.2) is 111 Å². The molecule has 5 aromatic rings. The molecule has 8 rings (SSSR count). The fourth-order valence-corrected chi connectivity index (χ4v) is 10.8. The number of rotatable bonds is 10. The van der Waals surface area contributed by atoms with Crippen LogP contribution in [0.3, 0.4) is 0 Å². The fourth-order valence-electron chi connectivity index (χ4n) is 10.00. The second kappa shape index (κ2) is 19.6. The second-order valence-corrected chi connectivity index (χ2v) is 20.2. The van der Waals surface area contributed by atoms with E-state index in [0.29, 0.717) is 36.7 Å². The molecule has 16 heteroatoms. The maximum absolute atomic E-state index is 14.7. The molecule has 2 saturated heterocycles. The summed E-state index contributed by atoms with van der Waals surface area (Å²) in [5.41, 5.74) is 7.30. The molecule has 0 radical (unpaired) electrons. The number of carbonyl (C=O) groups excluding carboxylic acids is 4. The topological polar surface area (TPSA) is 177 Å². The van der Waals surface area contributed by atoms with Crippen molar-refractivity contribution < 1.29 is 38.5 Å². The predicted octanol–water partition coefficient (Wildman–Crippen LogP) is 6.58. The van der Waals surface area contributed by atoms with Crippen molar-refractivity contribution in [2.24, 2.45) is 11.3 Å². The van der Waals surface area contributed by atoms with Crippen LogP contribution in [0.5, 0.6) is 0 Å². The Labute approximate surface area is 396 Å². The maximum Gasteiger partial charge on any atom is 0.355 e. The average Bonchev–Trinajstić information content (AvgIpc) is 4.08. The molecule has 0 spiro atoms. The molecule has 0 unspecified atom stereocenters. The van der Waals surface area contributed by atoms with Gasteiger partial charge in [0.05, 0.1) is 34.8 Å². The van der Waals surface area contributed by atoms with E-state index < -0.39 is 47.1 Å².